The number of methoxy groups -OCH3 is 1. The molecule has 0 aromatic heterocycles. The van der Waals surface area contributed by atoms with Gasteiger partial charge in [-0.25, -0.2) is 8.78 Å². The quantitative estimate of drug-likeness (QED) is 0.754. The summed E-state index contributed by atoms with van der Waals surface area (Å²) in [5.74, 6) is -1.06. The predicted molar refractivity (Wildman–Crippen MR) is 59.4 cm³/mol. The maximum absolute atomic E-state index is 12.8. The molecule has 0 heterocycles. The van der Waals surface area contributed by atoms with Crippen LogP contribution in [0.3, 0.4) is 0 Å². The second-order valence-corrected chi connectivity index (χ2v) is 3.78. The van der Waals surface area contributed by atoms with Gasteiger partial charge < -0.3 is 10.1 Å². The van der Waals surface area contributed by atoms with Crippen molar-refractivity contribution in [1.82, 2.24) is 5.32 Å². The van der Waals surface area contributed by atoms with Crippen LogP contribution in [0.4, 0.5) is 8.78 Å². The molecular weight excluding hydrogens is 212 g/mol. The third-order valence-electron chi connectivity index (χ3n) is 2.35. The van der Waals surface area contributed by atoms with Gasteiger partial charge in [0.1, 0.15) is 11.6 Å². The minimum Gasteiger partial charge on any atom is -0.380 e. The van der Waals surface area contributed by atoms with Crippen molar-refractivity contribution in [2.24, 2.45) is 0 Å². The van der Waals surface area contributed by atoms with Gasteiger partial charge in [0.05, 0.1) is 6.10 Å². The Balaban J connectivity index is 2.32. The first-order valence-electron chi connectivity index (χ1n) is 5.30. The molecule has 90 valence electrons. The Hall–Kier alpha value is -1.00. The lowest BCUT2D eigenvalue weighted by Gasteiger charge is -2.10. The largest absolute Gasteiger partial charge is 0.380 e. The molecule has 0 aliphatic rings. The van der Waals surface area contributed by atoms with Gasteiger partial charge >= 0.3 is 0 Å². The fourth-order valence-electron chi connectivity index (χ4n) is 1.38. The van der Waals surface area contributed by atoms with Crippen LogP contribution < -0.4 is 5.32 Å². The highest BCUT2D eigenvalue weighted by Gasteiger charge is 2.01. The third-order valence-corrected chi connectivity index (χ3v) is 2.35. The number of hydrogen-bond acceptors (Lipinski definition) is 2. The minimum atomic E-state index is -0.528. The molecule has 1 unspecified atom stereocenters. The monoisotopic (exact) mass is 229 g/mol. The summed E-state index contributed by atoms with van der Waals surface area (Å²) in [5, 5.41) is 3.15. The van der Waals surface area contributed by atoms with Gasteiger partial charge in [-0.05, 0) is 37.6 Å². The second-order valence-electron chi connectivity index (χ2n) is 3.78. The molecular formula is C12H17F2NO. The standard InChI is InChI=1S/C12H17F2NO/c1-9(16-2)8-15-4-3-10-5-11(13)7-12(14)6-10/h5-7,9,15H,3-4,8H2,1-2H3. The first kappa shape index (κ1) is 13.1. The van der Waals surface area contributed by atoms with Gasteiger partial charge in [-0.3, -0.25) is 0 Å². The zero-order chi connectivity index (χ0) is 12.0. The Morgan fingerprint density at radius 2 is 1.88 bits per heavy atom. The lowest BCUT2D eigenvalue weighted by atomic mass is 10.1. The molecule has 0 fully saturated rings. The van der Waals surface area contributed by atoms with E-state index in [9.17, 15) is 8.78 Å². The van der Waals surface area contributed by atoms with E-state index >= 15 is 0 Å². The second kappa shape index (κ2) is 6.55. The van der Waals surface area contributed by atoms with E-state index in [0.717, 1.165) is 12.6 Å². The van der Waals surface area contributed by atoms with Crippen molar-refractivity contribution in [2.75, 3.05) is 20.2 Å². The van der Waals surface area contributed by atoms with Gasteiger partial charge in [0.25, 0.3) is 0 Å². The summed E-state index contributed by atoms with van der Waals surface area (Å²) in [6.45, 7) is 3.36. The topological polar surface area (TPSA) is 21.3 Å². The minimum absolute atomic E-state index is 0.143. The van der Waals surface area contributed by atoms with Crippen molar-refractivity contribution in [2.45, 2.75) is 19.4 Å². The summed E-state index contributed by atoms with van der Waals surface area (Å²) < 4.78 is 30.7. The van der Waals surface area contributed by atoms with Gasteiger partial charge in [-0.15, -0.1) is 0 Å². The maximum atomic E-state index is 12.8. The highest BCUT2D eigenvalue weighted by atomic mass is 19.1. The van der Waals surface area contributed by atoms with Crippen LogP contribution in [-0.2, 0) is 11.2 Å². The molecule has 1 aromatic carbocycles. The van der Waals surface area contributed by atoms with E-state index in [-0.39, 0.29) is 6.10 Å². The predicted octanol–water partition coefficient (Wildman–Crippen LogP) is 2.13. The van der Waals surface area contributed by atoms with Crippen LogP contribution in [0.1, 0.15) is 12.5 Å². The Morgan fingerprint density at radius 3 is 2.44 bits per heavy atom. The fraction of sp³-hybridized carbons (Fsp3) is 0.500. The summed E-state index contributed by atoms with van der Waals surface area (Å²) in [6.07, 6.45) is 0.745. The zero-order valence-corrected chi connectivity index (χ0v) is 9.59. The number of ether oxygens (including phenoxy) is 1. The van der Waals surface area contributed by atoms with E-state index in [1.165, 1.54) is 12.1 Å². The molecule has 0 saturated carbocycles. The maximum Gasteiger partial charge on any atom is 0.126 e. The number of hydrogen-bond donors (Lipinski definition) is 1. The number of halogens is 2. The van der Waals surface area contributed by atoms with E-state index in [4.69, 9.17) is 4.74 Å². The molecule has 0 spiro atoms. The average Bonchev–Trinajstić information content (AvgIpc) is 2.22. The molecule has 1 atom stereocenters. The highest BCUT2D eigenvalue weighted by Crippen LogP contribution is 2.07. The Morgan fingerprint density at radius 1 is 1.25 bits per heavy atom. The van der Waals surface area contributed by atoms with Crippen LogP contribution in [0.2, 0.25) is 0 Å². The molecule has 0 aliphatic heterocycles. The molecule has 2 nitrogen and oxygen atoms in total. The third kappa shape index (κ3) is 4.68. The van der Waals surface area contributed by atoms with Gasteiger partial charge in [0, 0.05) is 19.7 Å². The number of rotatable bonds is 6. The zero-order valence-electron chi connectivity index (χ0n) is 9.59. The number of benzene rings is 1. The van der Waals surface area contributed by atoms with Crippen LogP contribution in [0.15, 0.2) is 18.2 Å². The van der Waals surface area contributed by atoms with Crippen LogP contribution in [-0.4, -0.2) is 26.3 Å². The Labute approximate surface area is 94.6 Å². The van der Waals surface area contributed by atoms with Gasteiger partial charge in [0.2, 0.25) is 0 Å². The van der Waals surface area contributed by atoms with Crippen LogP contribution >= 0.6 is 0 Å². The van der Waals surface area contributed by atoms with E-state index in [0.29, 0.717) is 18.5 Å². The van der Waals surface area contributed by atoms with Gasteiger partial charge in [0.15, 0.2) is 0 Å². The first-order valence-corrected chi connectivity index (χ1v) is 5.30. The Bertz CT molecular complexity index is 311. The van der Waals surface area contributed by atoms with Crippen molar-refractivity contribution in [3.63, 3.8) is 0 Å². The fourth-order valence-corrected chi connectivity index (χ4v) is 1.38. The van der Waals surface area contributed by atoms with Gasteiger partial charge in [-0.1, -0.05) is 0 Å². The summed E-state index contributed by atoms with van der Waals surface area (Å²) in [4.78, 5) is 0. The summed E-state index contributed by atoms with van der Waals surface area (Å²) in [5.41, 5.74) is 0.662. The molecule has 16 heavy (non-hydrogen) atoms. The van der Waals surface area contributed by atoms with Crippen molar-refractivity contribution in [3.05, 3.63) is 35.4 Å². The summed E-state index contributed by atoms with van der Waals surface area (Å²) in [7, 11) is 1.65. The summed E-state index contributed by atoms with van der Waals surface area (Å²) >= 11 is 0. The molecule has 0 saturated heterocycles. The molecule has 1 N–H and O–H groups in total. The molecule has 1 aromatic rings. The molecule has 0 bridgehead atoms. The smallest absolute Gasteiger partial charge is 0.126 e. The molecule has 1 rings (SSSR count). The average molecular weight is 229 g/mol. The van der Waals surface area contributed by atoms with Crippen molar-refractivity contribution in [3.8, 4) is 0 Å². The number of nitrogens with one attached hydrogen (secondary N) is 1. The Kier molecular flexibility index (Phi) is 5.35. The SMILES string of the molecule is COC(C)CNCCc1cc(F)cc(F)c1. The first-order chi connectivity index (χ1) is 7.61. The van der Waals surface area contributed by atoms with Crippen molar-refractivity contribution in [1.29, 1.82) is 0 Å². The molecule has 4 heteroatoms. The van der Waals surface area contributed by atoms with E-state index in [2.05, 4.69) is 5.32 Å². The van der Waals surface area contributed by atoms with E-state index < -0.39 is 11.6 Å². The lowest BCUT2D eigenvalue weighted by Crippen LogP contribution is -2.27. The van der Waals surface area contributed by atoms with E-state index in [1.807, 2.05) is 6.92 Å². The summed E-state index contributed by atoms with van der Waals surface area (Å²) in [6, 6.07) is 3.58. The highest BCUT2D eigenvalue weighted by molar-refractivity contribution is 5.18. The van der Waals surface area contributed by atoms with Crippen LogP contribution in [0.25, 0.3) is 0 Å². The normalized spacial score (nSPS) is 12.8. The van der Waals surface area contributed by atoms with Gasteiger partial charge in [-0.2, -0.15) is 0 Å². The van der Waals surface area contributed by atoms with Crippen molar-refractivity contribution >= 4 is 0 Å². The molecule has 0 amide bonds. The van der Waals surface area contributed by atoms with E-state index in [1.54, 1.807) is 7.11 Å². The lowest BCUT2D eigenvalue weighted by molar-refractivity contribution is 0.117. The van der Waals surface area contributed by atoms with Crippen LogP contribution in [0, 0.1) is 11.6 Å². The molecule has 0 radical (unpaired) electrons. The van der Waals surface area contributed by atoms with Crippen LogP contribution in [0.5, 0.6) is 0 Å². The van der Waals surface area contributed by atoms with Crippen molar-refractivity contribution < 1.29 is 13.5 Å². The molecule has 0 aliphatic carbocycles.